The standard InChI is InChI=1S/C24H28N2O5/c1-16(2)29-13-14-30-23(27)21-17(3)25-24(28)26-22(21)19-9-11-20(12-10-19)31-15-18-7-5-4-6-8-18/h4-12,16,22H,13-15H2,1-3H3,(H2,25,26,28)/t22-/m1/s1. The summed E-state index contributed by atoms with van der Waals surface area (Å²) in [5.74, 6) is 0.204. The number of nitrogens with one attached hydrogen (secondary N) is 2. The first-order chi connectivity index (χ1) is 14.9. The molecule has 0 bridgehead atoms. The van der Waals surface area contributed by atoms with Gasteiger partial charge in [-0.3, -0.25) is 0 Å². The third-order valence-electron chi connectivity index (χ3n) is 4.72. The van der Waals surface area contributed by atoms with Crippen molar-refractivity contribution < 1.29 is 23.8 Å². The van der Waals surface area contributed by atoms with Crippen LogP contribution in [0.5, 0.6) is 5.75 Å². The van der Waals surface area contributed by atoms with Crippen LogP contribution in [0.4, 0.5) is 4.79 Å². The molecule has 0 saturated heterocycles. The lowest BCUT2D eigenvalue weighted by Crippen LogP contribution is -2.45. The van der Waals surface area contributed by atoms with E-state index in [2.05, 4.69) is 10.6 Å². The number of hydrogen-bond acceptors (Lipinski definition) is 5. The number of amides is 2. The van der Waals surface area contributed by atoms with Crippen molar-refractivity contribution in [2.45, 2.75) is 39.5 Å². The molecule has 3 rings (SSSR count). The Hall–Kier alpha value is -3.32. The molecule has 2 N–H and O–H groups in total. The Balaban J connectivity index is 1.68. The summed E-state index contributed by atoms with van der Waals surface area (Å²) in [6.07, 6.45) is 0.0608. The summed E-state index contributed by atoms with van der Waals surface area (Å²) in [7, 11) is 0. The molecule has 0 saturated carbocycles. The minimum atomic E-state index is -0.615. The molecule has 7 heteroatoms. The van der Waals surface area contributed by atoms with Gasteiger partial charge in [-0.1, -0.05) is 42.5 Å². The van der Waals surface area contributed by atoms with Gasteiger partial charge in [0.15, 0.2) is 0 Å². The smallest absolute Gasteiger partial charge is 0.338 e. The lowest BCUT2D eigenvalue weighted by atomic mass is 9.95. The summed E-state index contributed by atoms with van der Waals surface area (Å²) in [6.45, 7) is 6.43. The Kier molecular flexibility index (Phi) is 7.67. The van der Waals surface area contributed by atoms with Crippen molar-refractivity contribution in [2.24, 2.45) is 0 Å². The highest BCUT2D eigenvalue weighted by molar-refractivity contribution is 5.95. The van der Waals surface area contributed by atoms with E-state index in [9.17, 15) is 9.59 Å². The third-order valence-corrected chi connectivity index (χ3v) is 4.72. The van der Waals surface area contributed by atoms with Crippen molar-refractivity contribution in [3.63, 3.8) is 0 Å². The quantitative estimate of drug-likeness (QED) is 0.472. The number of hydrogen-bond donors (Lipinski definition) is 2. The van der Waals surface area contributed by atoms with Crippen LogP contribution in [0.1, 0.15) is 37.9 Å². The van der Waals surface area contributed by atoms with Crippen LogP contribution >= 0.6 is 0 Å². The van der Waals surface area contributed by atoms with Crippen molar-refractivity contribution in [1.82, 2.24) is 10.6 Å². The maximum atomic E-state index is 12.7. The lowest BCUT2D eigenvalue weighted by molar-refractivity contribution is -0.141. The number of carbonyl (C=O) groups excluding carboxylic acids is 2. The molecule has 1 aliphatic rings. The largest absolute Gasteiger partial charge is 0.489 e. The van der Waals surface area contributed by atoms with Crippen molar-refractivity contribution in [2.75, 3.05) is 13.2 Å². The third kappa shape index (κ3) is 6.33. The predicted octanol–water partition coefficient (Wildman–Crippen LogP) is 3.86. The summed E-state index contributed by atoms with van der Waals surface area (Å²) in [5.41, 5.74) is 2.66. The summed E-state index contributed by atoms with van der Waals surface area (Å²) < 4.78 is 16.6. The van der Waals surface area contributed by atoms with Crippen molar-refractivity contribution in [3.05, 3.63) is 77.0 Å². The van der Waals surface area contributed by atoms with E-state index in [4.69, 9.17) is 14.2 Å². The Morgan fingerprint density at radius 1 is 1.03 bits per heavy atom. The number of esters is 1. The van der Waals surface area contributed by atoms with Crippen LogP contribution in [0.25, 0.3) is 0 Å². The molecule has 1 atom stereocenters. The number of benzene rings is 2. The van der Waals surface area contributed by atoms with Gasteiger partial charge in [-0.2, -0.15) is 0 Å². The lowest BCUT2D eigenvalue weighted by Gasteiger charge is -2.28. The average molecular weight is 424 g/mol. The van der Waals surface area contributed by atoms with Gasteiger partial charge in [-0.25, -0.2) is 9.59 Å². The maximum Gasteiger partial charge on any atom is 0.338 e. The van der Waals surface area contributed by atoms with Gasteiger partial charge in [0.2, 0.25) is 0 Å². The van der Waals surface area contributed by atoms with Crippen LogP contribution in [0.15, 0.2) is 65.9 Å². The Morgan fingerprint density at radius 3 is 2.42 bits per heavy atom. The van der Waals surface area contributed by atoms with Gasteiger partial charge >= 0.3 is 12.0 Å². The van der Waals surface area contributed by atoms with Crippen molar-refractivity contribution in [3.8, 4) is 5.75 Å². The van der Waals surface area contributed by atoms with E-state index >= 15 is 0 Å². The van der Waals surface area contributed by atoms with E-state index < -0.39 is 12.0 Å². The number of rotatable bonds is 9. The topological polar surface area (TPSA) is 85.9 Å². The number of urea groups is 1. The summed E-state index contributed by atoms with van der Waals surface area (Å²) in [5, 5.41) is 5.44. The van der Waals surface area contributed by atoms with Crippen LogP contribution in [-0.4, -0.2) is 31.3 Å². The molecule has 1 heterocycles. The zero-order valence-electron chi connectivity index (χ0n) is 18.0. The molecule has 164 valence electrons. The first kappa shape index (κ1) is 22.4. The second-order valence-corrected chi connectivity index (χ2v) is 7.47. The van der Waals surface area contributed by atoms with Gasteiger partial charge in [0, 0.05) is 5.70 Å². The van der Waals surface area contributed by atoms with Crippen molar-refractivity contribution >= 4 is 12.0 Å². The second-order valence-electron chi connectivity index (χ2n) is 7.47. The van der Waals surface area contributed by atoms with E-state index in [1.807, 2.05) is 68.4 Å². The number of allylic oxidation sites excluding steroid dienone is 1. The molecular formula is C24H28N2O5. The van der Waals surface area contributed by atoms with Crippen LogP contribution in [0.3, 0.4) is 0 Å². The minimum absolute atomic E-state index is 0.0608. The minimum Gasteiger partial charge on any atom is -0.489 e. The van der Waals surface area contributed by atoms with Gasteiger partial charge < -0.3 is 24.8 Å². The normalized spacial score (nSPS) is 16.0. The molecule has 31 heavy (non-hydrogen) atoms. The van der Waals surface area contributed by atoms with Crippen LogP contribution in [-0.2, 0) is 20.9 Å². The molecule has 0 aromatic heterocycles. The SMILES string of the molecule is CC1=C(C(=O)OCCOC(C)C)[C@@H](c2ccc(OCc3ccccc3)cc2)NC(=O)N1. The highest BCUT2D eigenvalue weighted by atomic mass is 16.6. The van der Waals surface area contributed by atoms with Gasteiger partial charge in [0.05, 0.1) is 24.3 Å². The molecule has 0 fully saturated rings. The summed E-state index contributed by atoms with van der Waals surface area (Å²) in [4.78, 5) is 24.8. The zero-order valence-corrected chi connectivity index (χ0v) is 18.0. The van der Waals surface area contributed by atoms with Crippen LogP contribution < -0.4 is 15.4 Å². The van der Waals surface area contributed by atoms with Crippen molar-refractivity contribution in [1.29, 1.82) is 0 Å². The van der Waals surface area contributed by atoms with E-state index in [0.717, 1.165) is 11.1 Å². The second kappa shape index (κ2) is 10.6. The highest BCUT2D eigenvalue weighted by Gasteiger charge is 2.32. The number of carbonyl (C=O) groups is 2. The molecule has 0 spiro atoms. The summed E-state index contributed by atoms with van der Waals surface area (Å²) >= 11 is 0. The zero-order chi connectivity index (χ0) is 22.2. The van der Waals surface area contributed by atoms with Gasteiger partial charge in [-0.05, 0) is 44.0 Å². The molecule has 0 radical (unpaired) electrons. The Bertz CT molecular complexity index is 923. The highest BCUT2D eigenvalue weighted by Crippen LogP contribution is 2.29. The monoisotopic (exact) mass is 424 g/mol. The molecule has 2 aromatic carbocycles. The Morgan fingerprint density at radius 2 is 1.74 bits per heavy atom. The van der Waals surface area contributed by atoms with Gasteiger partial charge in [0.1, 0.15) is 19.0 Å². The molecule has 0 aliphatic carbocycles. The van der Waals surface area contributed by atoms with E-state index in [1.54, 1.807) is 6.92 Å². The van der Waals surface area contributed by atoms with Crippen LogP contribution in [0.2, 0.25) is 0 Å². The summed E-state index contributed by atoms with van der Waals surface area (Å²) in [6, 6.07) is 16.2. The molecule has 2 amide bonds. The first-order valence-corrected chi connectivity index (χ1v) is 10.3. The Labute approximate surface area is 182 Å². The maximum absolute atomic E-state index is 12.7. The molecule has 0 unspecified atom stereocenters. The fraction of sp³-hybridized carbons (Fsp3) is 0.333. The molecule has 7 nitrogen and oxygen atoms in total. The van der Waals surface area contributed by atoms with Crippen LogP contribution in [0, 0.1) is 0 Å². The van der Waals surface area contributed by atoms with E-state index in [1.165, 1.54) is 0 Å². The fourth-order valence-corrected chi connectivity index (χ4v) is 3.21. The predicted molar refractivity (Wildman–Crippen MR) is 116 cm³/mol. The number of ether oxygens (including phenoxy) is 3. The molecule has 2 aromatic rings. The fourth-order valence-electron chi connectivity index (χ4n) is 3.21. The van der Waals surface area contributed by atoms with Gasteiger partial charge in [-0.15, -0.1) is 0 Å². The van der Waals surface area contributed by atoms with Gasteiger partial charge in [0.25, 0.3) is 0 Å². The first-order valence-electron chi connectivity index (χ1n) is 10.3. The molecule has 1 aliphatic heterocycles. The average Bonchev–Trinajstić information content (AvgIpc) is 2.75. The molecular weight excluding hydrogens is 396 g/mol. The van der Waals surface area contributed by atoms with E-state index in [-0.39, 0.29) is 18.7 Å². The van der Waals surface area contributed by atoms with E-state index in [0.29, 0.717) is 30.2 Å².